The molecule has 0 unspecified atom stereocenters. The van der Waals surface area contributed by atoms with E-state index in [0.717, 1.165) is 29.8 Å². The van der Waals surface area contributed by atoms with Crippen LogP contribution in [0.4, 0.5) is 0 Å². The molecular weight excluding hydrogens is 425 g/mol. The Labute approximate surface area is 181 Å². The van der Waals surface area contributed by atoms with E-state index in [0.29, 0.717) is 45.5 Å². The van der Waals surface area contributed by atoms with Crippen LogP contribution in [0.3, 0.4) is 0 Å². The molecule has 9 heteroatoms. The van der Waals surface area contributed by atoms with E-state index in [4.69, 9.17) is 27.6 Å². The molecular formula is C21H15Cl2N5O2. The van der Waals surface area contributed by atoms with E-state index in [-0.39, 0.29) is 5.43 Å². The highest BCUT2D eigenvalue weighted by molar-refractivity contribution is 6.38. The third-order valence-electron chi connectivity index (χ3n) is 5.09. The van der Waals surface area contributed by atoms with Gasteiger partial charge in [-0.3, -0.25) is 9.69 Å². The van der Waals surface area contributed by atoms with E-state index in [9.17, 15) is 4.79 Å². The van der Waals surface area contributed by atoms with Gasteiger partial charge in [0.1, 0.15) is 6.33 Å². The molecule has 7 nitrogen and oxygen atoms in total. The Bertz CT molecular complexity index is 1310. The second kappa shape index (κ2) is 7.75. The maximum atomic E-state index is 12.9. The molecule has 0 radical (unpaired) electrons. The molecule has 3 aromatic heterocycles. The highest BCUT2D eigenvalue weighted by atomic mass is 35.5. The number of halogens is 2. The lowest BCUT2D eigenvalue weighted by molar-refractivity contribution is 0.240. The summed E-state index contributed by atoms with van der Waals surface area (Å²) < 4.78 is 5.63. The molecule has 150 valence electrons. The fourth-order valence-electron chi connectivity index (χ4n) is 3.62. The molecule has 0 spiro atoms. The Morgan fingerprint density at radius 2 is 1.97 bits per heavy atom. The molecule has 1 aliphatic heterocycles. The van der Waals surface area contributed by atoms with E-state index >= 15 is 0 Å². The average Bonchev–Trinajstić information content (AvgIpc) is 2.76. The Morgan fingerprint density at radius 1 is 1.13 bits per heavy atom. The molecule has 5 rings (SSSR count). The molecule has 0 saturated carbocycles. The maximum absolute atomic E-state index is 12.9. The number of hydrogen-bond donors (Lipinski definition) is 0. The van der Waals surface area contributed by atoms with Crippen LogP contribution >= 0.6 is 23.2 Å². The van der Waals surface area contributed by atoms with Crippen LogP contribution in [-0.2, 0) is 19.5 Å². The predicted molar refractivity (Wildman–Crippen MR) is 113 cm³/mol. The first kappa shape index (κ1) is 19.1. The summed E-state index contributed by atoms with van der Waals surface area (Å²) in [5, 5.41) is 1.12. The number of hydrogen-bond acceptors (Lipinski definition) is 7. The van der Waals surface area contributed by atoms with Crippen molar-refractivity contribution >= 4 is 34.2 Å². The van der Waals surface area contributed by atoms with Gasteiger partial charge in [0, 0.05) is 60.8 Å². The molecule has 0 aliphatic carbocycles. The van der Waals surface area contributed by atoms with Gasteiger partial charge in [0.15, 0.2) is 16.8 Å². The molecule has 4 heterocycles. The van der Waals surface area contributed by atoms with Gasteiger partial charge in [0.25, 0.3) is 0 Å². The Kier molecular flexibility index (Phi) is 4.94. The van der Waals surface area contributed by atoms with Crippen LogP contribution in [0.2, 0.25) is 10.0 Å². The number of fused-ring (bicyclic) bond motifs is 2. The summed E-state index contributed by atoms with van der Waals surface area (Å²) >= 11 is 12.2. The summed E-state index contributed by atoms with van der Waals surface area (Å²) in [6.45, 7) is 1.87. The predicted octanol–water partition coefficient (Wildman–Crippen LogP) is 3.91. The summed E-state index contributed by atoms with van der Waals surface area (Å²) in [6.07, 6.45) is 8.94. The number of nitrogens with zero attached hydrogens (tertiary/aromatic N) is 5. The zero-order chi connectivity index (χ0) is 20.7. The Morgan fingerprint density at radius 3 is 2.80 bits per heavy atom. The van der Waals surface area contributed by atoms with Crippen LogP contribution in [0, 0.1) is 0 Å². The quantitative estimate of drug-likeness (QED) is 0.478. The molecule has 0 atom stereocenters. The summed E-state index contributed by atoms with van der Waals surface area (Å²) in [5.74, 6) is 0.617. The van der Waals surface area contributed by atoms with E-state index in [2.05, 4.69) is 24.8 Å². The van der Waals surface area contributed by atoms with Crippen molar-refractivity contribution in [2.75, 3.05) is 6.54 Å². The van der Waals surface area contributed by atoms with E-state index in [1.807, 2.05) is 6.20 Å². The van der Waals surface area contributed by atoms with E-state index in [1.54, 1.807) is 24.5 Å². The number of aromatic nitrogens is 4. The second-order valence-electron chi connectivity index (χ2n) is 7.11. The van der Waals surface area contributed by atoms with Crippen molar-refractivity contribution in [3.8, 4) is 11.4 Å². The van der Waals surface area contributed by atoms with Crippen molar-refractivity contribution in [3.63, 3.8) is 0 Å². The lowest BCUT2D eigenvalue weighted by atomic mass is 10.1. The van der Waals surface area contributed by atoms with Crippen LogP contribution in [0.15, 0.2) is 52.5 Å². The van der Waals surface area contributed by atoms with Gasteiger partial charge in [-0.2, -0.15) is 0 Å². The molecule has 0 saturated heterocycles. The molecule has 1 aliphatic rings. The monoisotopic (exact) mass is 439 g/mol. The fraction of sp³-hybridized carbons (Fsp3) is 0.190. The smallest absolute Gasteiger partial charge is 0.197 e. The van der Waals surface area contributed by atoms with Gasteiger partial charge in [-0.25, -0.2) is 19.9 Å². The van der Waals surface area contributed by atoms with Crippen LogP contribution in [-0.4, -0.2) is 31.4 Å². The van der Waals surface area contributed by atoms with Gasteiger partial charge < -0.3 is 4.42 Å². The largest absolute Gasteiger partial charge is 0.462 e. The highest BCUT2D eigenvalue weighted by Crippen LogP contribution is 2.27. The second-order valence-corrected chi connectivity index (χ2v) is 7.95. The van der Waals surface area contributed by atoms with Crippen molar-refractivity contribution in [3.05, 3.63) is 80.4 Å². The Balaban J connectivity index is 1.39. The number of rotatable bonds is 3. The Hall–Kier alpha value is -2.87. The molecule has 4 aromatic rings. The lowest BCUT2D eigenvalue weighted by Gasteiger charge is -2.27. The summed E-state index contributed by atoms with van der Waals surface area (Å²) in [4.78, 5) is 32.2. The minimum absolute atomic E-state index is 0.123. The SMILES string of the molecule is O=c1c(CN2CCc3nc(-c4cncnc4)ncc3C2)coc2c(Cl)cc(Cl)cc12. The maximum Gasteiger partial charge on any atom is 0.197 e. The van der Waals surface area contributed by atoms with Crippen molar-refractivity contribution in [2.24, 2.45) is 0 Å². The van der Waals surface area contributed by atoms with Crippen LogP contribution in [0.1, 0.15) is 16.8 Å². The highest BCUT2D eigenvalue weighted by Gasteiger charge is 2.21. The average molecular weight is 440 g/mol. The van der Waals surface area contributed by atoms with Crippen molar-refractivity contribution in [1.29, 1.82) is 0 Å². The van der Waals surface area contributed by atoms with Crippen LogP contribution in [0.25, 0.3) is 22.4 Å². The van der Waals surface area contributed by atoms with Gasteiger partial charge in [-0.15, -0.1) is 0 Å². The minimum Gasteiger partial charge on any atom is -0.462 e. The van der Waals surface area contributed by atoms with Crippen molar-refractivity contribution in [2.45, 2.75) is 19.5 Å². The summed E-state index contributed by atoms with van der Waals surface area (Å²) in [5.41, 5.74) is 3.62. The van der Waals surface area contributed by atoms with E-state index in [1.165, 1.54) is 12.6 Å². The van der Waals surface area contributed by atoms with E-state index < -0.39 is 0 Å². The van der Waals surface area contributed by atoms with Crippen molar-refractivity contribution < 1.29 is 4.42 Å². The number of benzene rings is 1. The lowest BCUT2D eigenvalue weighted by Crippen LogP contribution is -2.32. The van der Waals surface area contributed by atoms with Gasteiger partial charge in [0.2, 0.25) is 0 Å². The van der Waals surface area contributed by atoms with Gasteiger partial charge in [-0.1, -0.05) is 23.2 Å². The third-order valence-corrected chi connectivity index (χ3v) is 5.59. The van der Waals surface area contributed by atoms with Crippen LogP contribution < -0.4 is 5.43 Å². The van der Waals surface area contributed by atoms with Crippen molar-refractivity contribution in [1.82, 2.24) is 24.8 Å². The minimum atomic E-state index is -0.123. The molecule has 0 N–H and O–H groups in total. The van der Waals surface area contributed by atoms with Gasteiger partial charge in [-0.05, 0) is 12.1 Å². The standard InChI is InChI=1S/C21H15Cl2N5O2/c22-15-3-16-19(29)14(10-30-20(16)17(23)4-15)9-28-2-1-18-13(8-28)7-26-21(27-18)12-5-24-11-25-6-12/h3-7,10-11H,1-2,8-9H2. The molecule has 1 aromatic carbocycles. The first-order chi connectivity index (χ1) is 14.6. The fourth-order valence-corrected chi connectivity index (χ4v) is 4.16. The molecule has 0 bridgehead atoms. The summed E-state index contributed by atoms with van der Waals surface area (Å²) in [7, 11) is 0. The first-order valence-electron chi connectivity index (χ1n) is 9.30. The van der Waals surface area contributed by atoms with Gasteiger partial charge >= 0.3 is 0 Å². The zero-order valence-corrected chi connectivity index (χ0v) is 17.2. The molecule has 30 heavy (non-hydrogen) atoms. The topological polar surface area (TPSA) is 85.0 Å². The summed E-state index contributed by atoms with van der Waals surface area (Å²) in [6, 6.07) is 3.15. The first-order valence-corrected chi connectivity index (χ1v) is 10.1. The normalized spacial score (nSPS) is 14.1. The zero-order valence-electron chi connectivity index (χ0n) is 15.7. The van der Waals surface area contributed by atoms with Gasteiger partial charge in [0.05, 0.1) is 27.9 Å². The van der Waals surface area contributed by atoms with Crippen LogP contribution in [0.5, 0.6) is 0 Å². The molecule has 0 fully saturated rings. The molecule has 0 amide bonds. The third kappa shape index (κ3) is 3.56.